The molecule has 104 valence electrons. The minimum absolute atomic E-state index is 0.0558. The Balaban J connectivity index is 2.08. The number of hydrogen-bond acceptors (Lipinski definition) is 3. The predicted octanol–water partition coefficient (Wildman–Crippen LogP) is 2.21. The molecule has 1 aliphatic rings. The predicted molar refractivity (Wildman–Crippen MR) is 66.3 cm³/mol. The smallest absolute Gasteiger partial charge is 0.310 e. The summed E-state index contributed by atoms with van der Waals surface area (Å²) in [5.41, 5.74) is 0.0558. The normalized spacial score (nSPS) is 23.6. The van der Waals surface area contributed by atoms with Crippen LogP contribution in [0.3, 0.4) is 0 Å². The molecule has 0 aromatic heterocycles. The van der Waals surface area contributed by atoms with Gasteiger partial charge in [0, 0.05) is 25.2 Å². The molecule has 1 heterocycles. The highest BCUT2D eigenvalue weighted by Gasteiger charge is 2.35. The molecule has 2 rings (SSSR count). The average Bonchev–Trinajstić information content (AvgIpc) is 2.74. The summed E-state index contributed by atoms with van der Waals surface area (Å²) in [4.78, 5) is 13.4. The van der Waals surface area contributed by atoms with Gasteiger partial charge < -0.3 is 4.74 Å². The van der Waals surface area contributed by atoms with Gasteiger partial charge in [-0.3, -0.25) is 9.69 Å². The molecule has 1 aromatic rings. The molecule has 3 nitrogen and oxygen atoms in total. The summed E-state index contributed by atoms with van der Waals surface area (Å²) in [5, 5.41) is 0. The monoisotopic (exact) mass is 269 g/mol. The molecular weight excluding hydrogens is 252 g/mol. The summed E-state index contributed by atoms with van der Waals surface area (Å²) >= 11 is 0. The van der Waals surface area contributed by atoms with Gasteiger partial charge in [0.05, 0.1) is 13.0 Å². The molecule has 19 heavy (non-hydrogen) atoms. The van der Waals surface area contributed by atoms with Crippen molar-refractivity contribution in [1.82, 2.24) is 4.90 Å². The van der Waals surface area contributed by atoms with Crippen molar-refractivity contribution >= 4 is 5.97 Å². The minimum Gasteiger partial charge on any atom is -0.469 e. The fourth-order valence-electron chi connectivity index (χ4n) is 2.56. The van der Waals surface area contributed by atoms with Gasteiger partial charge in [0.2, 0.25) is 0 Å². The Labute approximate surface area is 111 Å². The molecule has 1 aliphatic heterocycles. The molecule has 1 aromatic carbocycles. The summed E-state index contributed by atoms with van der Waals surface area (Å²) in [5.74, 6) is -1.45. The molecule has 0 radical (unpaired) electrons. The van der Waals surface area contributed by atoms with Crippen LogP contribution >= 0.6 is 0 Å². The van der Waals surface area contributed by atoms with Gasteiger partial charge in [-0.1, -0.05) is 13.0 Å². The van der Waals surface area contributed by atoms with Gasteiger partial charge in [-0.2, -0.15) is 0 Å². The van der Waals surface area contributed by atoms with Crippen molar-refractivity contribution in [1.29, 1.82) is 0 Å². The van der Waals surface area contributed by atoms with E-state index in [2.05, 4.69) is 0 Å². The summed E-state index contributed by atoms with van der Waals surface area (Å²) in [6, 6.07) is 3.84. The highest BCUT2D eigenvalue weighted by atomic mass is 19.1. The summed E-state index contributed by atoms with van der Waals surface area (Å²) < 4.78 is 31.9. The molecule has 2 unspecified atom stereocenters. The molecule has 2 atom stereocenters. The van der Waals surface area contributed by atoms with E-state index in [1.54, 1.807) is 0 Å². The van der Waals surface area contributed by atoms with Crippen LogP contribution < -0.4 is 0 Å². The molecular formula is C14H17F2NO2. The Bertz CT molecular complexity index is 458. The largest absolute Gasteiger partial charge is 0.469 e. The lowest BCUT2D eigenvalue weighted by Crippen LogP contribution is -2.25. The van der Waals surface area contributed by atoms with Gasteiger partial charge in [-0.25, -0.2) is 8.78 Å². The van der Waals surface area contributed by atoms with Crippen LogP contribution in [0.5, 0.6) is 0 Å². The van der Waals surface area contributed by atoms with Gasteiger partial charge in [0.25, 0.3) is 0 Å². The number of halogens is 2. The van der Waals surface area contributed by atoms with Crippen LogP contribution in [0.2, 0.25) is 0 Å². The van der Waals surface area contributed by atoms with Crippen LogP contribution in [-0.2, 0) is 16.1 Å². The maximum atomic E-state index is 13.6. The Kier molecular flexibility index (Phi) is 4.14. The quantitative estimate of drug-likeness (QED) is 0.788. The van der Waals surface area contributed by atoms with Crippen molar-refractivity contribution in [2.75, 3.05) is 20.2 Å². The van der Waals surface area contributed by atoms with E-state index in [0.717, 1.165) is 0 Å². The average molecular weight is 269 g/mol. The second kappa shape index (κ2) is 5.65. The number of nitrogens with zero attached hydrogens (tertiary/aromatic N) is 1. The third-order valence-electron chi connectivity index (χ3n) is 3.64. The molecule has 0 N–H and O–H groups in total. The van der Waals surface area contributed by atoms with Crippen LogP contribution in [0.25, 0.3) is 0 Å². The topological polar surface area (TPSA) is 29.5 Å². The van der Waals surface area contributed by atoms with E-state index in [1.807, 2.05) is 11.8 Å². The SMILES string of the molecule is COC(=O)C1CN(Cc2c(F)cccc2F)CC1C. The molecule has 5 heteroatoms. The van der Waals surface area contributed by atoms with E-state index >= 15 is 0 Å². The van der Waals surface area contributed by atoms with E-state index < -0.39 is 11.6 Å². The zero-order valence-electron chi connectivity index (χ0n) is 11.0. The van der Waals surface area contributed by atoms with Crippen molar-refractivity contribution < 1.29 is 18.3 Å². The first-order chi connectivity index (χ1) is 9.02. The number of hydrogen-bond donors (Lipinski definition) is 0. The van der Waals surface area contributed by atoms with Crippen LogP contribution in [0.15, 0.2) is 18.2 Å². The Hall–Kier alpha value is -1.49. The Morgan fingerprint density at radius 1 is 1.37 bits per heavy atom. The summed E-state index contributed by atoms with van der Waals surface area (Å²) in [7, 11) is 1.36. The van der Waals surface area contributed by atoms with Gasteiger partial charge in [-0.05, 0) is 18.1 Å². The van der Waals surface area contributed by atoms with Crippen LogP contribution in [-0.4, -0.2) is 31.1 Å². The van der Waals surface area contributed by atoms with Crippen LogP contribution in [0.1, 0.15) is 12.5 Å². The maximum Gasteiger partial charge on any atom is 0.310 e. The Morgan fingerprint density at radius 2 is 2.00 bits per heavy atom. The second-order valence-electron chi connectivity index (χ2n) is 5.00. The van der Waals surface area contributed by atoms with E-state index in [4.69, 9.17) is 4.74 Å². The molecule has 0 aliphatic carbocycles. The lowest BCUT2D eigenvalue weighted by atomic mass is 9.99. The molecule has 1 fully saturated rings. The summed E-state index contributed by atoms with van der Waals surface area (Å²) in [6.07, 6.45) is 0. The third-order valence-corrected chi connectivity index (χ3v) is 3.64. The van der Waals surface area contributed by atoms with Gasteiger partial charge in [0.1, 0.15) is 11.6 Å². The molecule has 0 bridgehead atoms. The number of rotatable bonds is 3. The van der Waals surface area contributed by atoms with Crippen molar-refractivity contribution in [3.63, 3.8) is 0 Å². The number of methoxy groups -OCH3 is 1. The van der Waals surface area contributed by atoms with E-state index in [9.17, 15) is 13.6 Å². The van der Waals surface area contributed by atoms with Gasteiger partial charge in [0.15, 0.2) is 0 Å². The molecule has 0 saturated carbocycles. The van der Waals surface area contributed by atoms with Gasteiger partial charge in [-0.15, -0.1) is 0 Å². The fourth-order valence-corrected chi connectivity index (χ4v) is 2.56. The highest BCUT2D eigenvalue weighted by Crippen LogP contribution is 2.26. The fraction of sp³-hybridized carbons (Fsp3) is 0.500. The second-order valence-corrected chi connectivity index (χ2v) is 5.00. The lowest BCUT2D eigenvalue weighted by Gasteiger charge is -2.16. The van der Waals surface area contributed by atoms with Crippen molar-refractivity contribution in [3.05, 3.63) is 35.4 Å². The zero-order chi connectivity index (χ0) is 14.0. The lowest BCUT2D eigenvalue weighted by molar-refractivity contribution is -0.146. The van der Waals surface area contributed by atoms with Crippen LogP contribution in [0, 0.1) is 23.5 Å². The molecule has 0 spiro atoms. The first kappa shape index (κ1) is 13.9. The van der Waals surface area contributed by atoms with E-state index in [1.165, 1.54) is 25.3 Å². The van der Waals surface area contributed by atoms with Crippen LogP contribution in [0.4, 0.5) is 8.78 Å². The van der Waals surface area contributed by atoms with E-state index in [-0.39, 0.29) is 29.9 Å². The maximum absolute atomic E-state index is 13.6. The first-order valence-electron chi connectivity index (χ1n) is 6.26. The van der Waals surface area contributed by atoms with Crippen molar-refractivity contribution in [2.45, 2.75) is 13.5 Å². The minimum atomic E-state index is -0.547. The Morgan fingerprint density at radius 3 is 2.58 bits per heavy atom. The van der Waals surface area contributed by atoms with E-state index in [0.29, 0.717) is 13.1 Å². The number of benzene rings is 1. The zero-order valence-corrected chi connectivity index (χ0v) is 11.0. The standard InChI is InChI=1S/C14H17F2NO2/c1-9-6-17(7-10(9)14(18)19-2)8-11-12(15)4-3-5-13(11)16/h3-5,9-10H,6-8H2,1-2H3. The number of ether oxygens (including phenoxy) is 1. The number of likely N-dealkylation sites (tertiary alicyclic amines) is 1. The van der Waals surface area contributed by atoms with Crippen molar-refractivity contribution in [3.8, 4) is 0 Å². The van der Waals surface area contributed by atoms with Gasteiger partial charge >= 0.3 is 5.97 Å². The van der Waals surface area contributed by atoms with Crippen molar-refractivity contribution in [2.24, 2.45) is 11.8 Å². The third kappa shape index (κ3) is 2.92. The number of carbonyl (C=O) groups is 1. The molecule has 0 amide bonds. The number of carbonyl (C=O) groups excluding carboxylic acids is 1. The molecule has 1 saturated heterocycles. The first-order valence-corrected chi connectivity index (χ1v) is 6.26. The number of esters is 1. The highest BCUT2D eigenvalue weighted by molar-refractivity contribution is 5.73. The summed E-state index contributed by atoms with van der Waals surface area (Å²) in [6.45, 7) is 3.23.